The van der Waals surface area contributed by atoms with Gasteiger partial charge in [0, 0.05) is 5.69 Å². The first kappa shape index (κ1) is 13.0. The zero-order chi connectivity index (χ0) is 13.9. The first-order valence-corrected chi connectivity index (χ1v) is 7.45. The van der Waals surface area contributed by atoms with Crippen molar-refractivity contribution in [3.63, 3.8) is 0 Å². The quantitative estimate of drug-likeness (QED) is 0.820. The Balaban J connectivity index is 2.15. The van der Waals surface area contributed by atoms with Crippen LogP contribution < -0.4 is 9.64 Å². The fourth-order valence-electron chi connectivity index (χ4n) is 2.96. The average Bonchev–Trinajstić information content (AvgIpc) is 2.53. The molecule has 0 aliphatic carbocycles. The highest BCUT2D eigenvalue weighted by Gasteiger charge is 2.22. The summed E-state index contributed by atoms with van der Waals surface area (Å²) in [7, 11) is 0. The van der Waals surface area contributed by atoms with E-state index in [1.807, 2.05) is 6.07 Å². The van der Waals surface area contributed by atoms with Crippen LogP contribution in [0, 0.1) is 0 Å². The van der Waals surface area contributed by atoms with Crippen LogP contribution in [0.25, 0.3) is 0 Å². The van der Waals surface area contributed by atoms with E-state index in [0.29, 0.717) is 0 Å². The van der Waals surface area contributed by atoms with Crippen molar-refractivity contribution in [2.45, 2.75) is 26.7 Å². The number of rotatable bonds is 3. The minimum atomic E-state index is 0.748. The predicted molar refractivity (Wildman–Crippen MR) is 84.1 cm³/mol. The fourth-order valence-corrected chi connectivity index (χ4v) is 2.96. The van der Waals surface area contributed by atoms with Crippen LogP contribution in [0.2, 0.25) is 0 Å². The second-order valence-electron chi connectivity index (χ2n) is 5.10. The molecule has 2 nitrogen and oxygen atoms in total. The average molecular weight is 267 g/mol. The van der Waals surface area contributed by atoms with Crippen molar-refractivity contribution in [3.05, 3.63) is 53.6 Å². The molecule has 20 heavy (non-hydrogen) atoms. The second-order valence-corrected chi connectivity index (χ2v) is 5.10. The molecule has 1 aliphatic rings. The van der Waals surface area contributed by atoms with E-state index in [-0.39, 0.29) is 0 Å². The zero-order valence-corrected chi connectivity index (χ0v) is 12.2. The molecular weight excluding hydrogens is 246 g/mol. The van der Waals surface area contributed by atoms with Crippen LogP contribution >= 0.6 is 0 Å². The SMILES string of the molecule is CCc1cccc(CC)c1N1CCOc2ccccc21. The van der Waals surface area contributed by atoms with Gasteiger partial charge < -0.3 is 9.64 Å². The van der Waals surface area contributed by atoms with Crippen molar-refractivity contribution >= 4 is 11.4 Å². The Hall–Kier alpha value is -1.96. The van der Waals surface area contributed by atoms with Gasteiger partial charge in [-0.15, -0.1) is 0 Å². The molecule has 0 atom stereocenters. The summed E-state index contributed by atoms with van der Waals surface area (Å²) in [5.41, 5.74) is 5.41. The first-order valence-electron chi connectivity index (χ1n) is 7.45. The fraction of sp³-hybridized carbons (Fsp3) is 0.333. The maximum Gasteiger partial charge on any atom is 0.143 e. The second kappa shape index (κ2) is 5.58. The number of nitrogens with zero attached hydrogens (tertiary/aromatic N) is 1. The largest absolute Gasteiger partial charge is 0.490 e. The molecular formula is C18H21NO. The number of fused-ring (bicyclic) bond motifs is 1. The van der Waals surface area contributed by atoms with Gasteiger partial charge in [-0.3, -0.25) is 0 Å². The van der Waals surface area contributed by atoms with Crippen molar-refractivity contribution in [2.75, 3.05) is 18.1 Å². The van der Waals surface area contributed by atoms with Gasteiger partial charge >= 0.3 is 0 Å². The van der Waals surface area contributed by atoms with E-state index >= 15 is 0 Å². The molecule has 0 N–H and O–H groups in total. The maximum absolute atomic E-state index is 5.78. The monoisotopic (exact) mass is 267 g/mol. The van der Waals surface area contributed by atoms with Gasteiger partial charge in [0.25, 0.3) is 0 Å². The van der Waals surface area contributed by atoms with Gasteiger partial charge in [0.05, 0.1) is 12.2 Å². The summed E-state index contributed by atoms with van der Waals surface area (Å²) >= 11 is 0. The smallest absolute Gasteiger partial charge is 0.143 e. The zero-order valence-electron chi connectivity index (χ0n) is 12.2. The van der Waals surface area contributed by atoms with Gasteiger partial charge in [-0.05, 0) is 36.1 Å². The van der Waals surface area contributed by atoms with Crippen molar-refractivity contribution in [2.24, 2.45) is 0 Å². The molecule has 2 aromatic rings. The Morgan fingerprint density at radius 3 is 2.35 bits per heavy atom. The number of hydrogen-bond donors (Lipinski definition) is 0. The first-order chi connectivity index (χ1) is 9.85. The predicted octanol–water partition coefficient (Wildman–Crippen LogP) is 4.34. The summed E-state index contributed by atoms with van der Waals surface area (Å²) < 4.78 is 5.78. The number of ether oxygens (including phenoxy) is 1. The Kier molecular flexibility index (Phi) is 3.64. The molecule has 0 unspecified atom stereocenters. The lowest BCUT2D eigenvalue weighted by atomic mass is 10.0. The lowest BCUT2D eigenvalue weighted by Gasteiger charge is -2.34. The molecule has 1 aliphatic heterocycles. The van der Waals surface area contributed by atoms with Gasteiger partial charge in [0.1, 0.15) is 12.4 Å². The molecule has 1 heterocycles. The standard InChI is InChI=1S/C18H21NO/c1-3-14-8-7-9-15(4-2)18(14)19-12-13-20-17-11-6-5-10-16(17)19/h5-11H,3-4,12-13H2,1-2H3. The summed E-state index contributed by atoms with van der Waals surface area (Å²) in [5, 5.41) is 0. The number of para-hydroxylation sites is 3. The van der Waals surface area contributed by atoms with Crippen LogP contribution in [0.5, 0.6) is 5.75 Å². The van der Waals surface area contributed by atoms with Crippen LogP contribution in [-0.2, 0) is 12.8 Å². The Labute approximate surface area is 121 Å². The Bertz CT molecular complexity index is 584. The number of hydrogen-bond acceptors (Lipinski definition) is 2. The molecule has 0 bridgehead atoms. The molecule has 0 fully saturated rings. The van der Waals surface area contributed by atoms with Crippen LogP contribution in [0.1, 0.15) is 25.0 Å². The van der Waals surface area contributed by atoms with Gasteiger partial charge in [-0.25, -0.2) is 0 Å². The number of aryl methyl sites for hydroxylation is 2. The molecule has 3 rings (SSSR count). The molecule has 2 aromatic carbocycles. The van der Waals surface area contributed by atoms with Crippen molar-refractivity contribution in [1.82, 2.24) is 0 Å². The Morgan fingerprint density at radius 2 is 1.65 bits per heavy atom. The van der Waals surface area contributed by atoms with Crippen molar-refractivity contribution in [3.8, 4) is 5.75 Å². The highest BCUT2D eigenvalue weighted by molar-refractivity contribution is 5.74. The van der Waals surface area contributed by atoms with Gasteiger partial charge in [0.15, 0.2) is 0 Å². The van der Waals surface area contributed by atoms with E-state index in [2.05, 4.69) is 55.1 Å². The number of benzene rings is 2. The normalized spacial score (nSPS) is 13.8. The summed E-state index contributed by atoms with van der Waals surface area (Å²) in [6.45, 7) is 6.12. The lowest BCUT2D eigenvalue weighted by molar-refractivity contribution is 0.314. The van der Waals surface area contributed by atoms with E-state index in [1.54, 1.807) is 0 Å². The minimum Gasteiger partial charge on any atom is -0.490 e. The highest BCUT2D eigenvalue weighted by atomic mass is 16.5. The third kappa shape index (κ3) is 2.15. The lowest BCUT2D eigenvalue weighted by Crippen LogP contribution is -2.30. The van der Waals surface area contributed by atoms with E-state index < -0.39 is 0 Å². The van der Waals surface area contributed by atoms with Gasteiger partial charge in [-0.2, -0.15) is 0 Å². The van der Waals surface area contributed by atoms with Crippen LogP contribution in [0.3, 0.4) is 0 Å². The summed E-state index contributed by atoms with van der Waals surface area (Å²) in [5.74, 6) is 0.992. The molecule has 0 amide bonds. The van der Waals surface area contributed by atoms with E-state index in [9.17, 15) is 0 Å². The summed E-state index contributed by atoms with van der Waals surface area (Å²) in [4.78, 5) is 2.43. The molecule has 0 saturated heterocycles. The number of anilines is 2. The summed E-state index contributed by atoms with van der Waals surface area (Å²) in [6, 6.07) is 15.0. The molecule has 104 valence electrons. The maximum atomic E-state index is 5.78. The third-order valence-corrected chi connectivity index (χ3v) is 3.96. The van der Waals surface area contributed by atoms with Crippen molar-refractivity contribution < 1.29 is 4.74 Å². The van der Waals surface area contributed by atoms with Crippen molar-refractivity contribution in [1.29, 1.82) is 0 Å². The molecule has 0 aromatic heterocycles. The Morgan fingerprint density at radius 1 is 0.950 bits per heavy atom. The third-order valence-electron chi connectivity index (χ3n) is 3.96. The van der Waals surface area contributed by atoms with Crippen LogP contribution in [0.15, 0.2) is 42.5 Å². The topological polar surface area (TPSA) is 12.5 Å². The highest BCUT2D eigenvalue weighted by Crippen LogP contribution is 2.39. The minimum absolute atomic E-state index is 0.748. The molecule has 0 radical (unpaired) electrons. The van der Waals surface area contributed by atoms with Crippen LogP contribution in [-0.4, -0.2) is 13.2 Å². The van der Waals surface area contributed by atoms with Gasteiger partial charge in [0.2, 0.25) is 0 Å². The van der Waals surface area contributed by atoms with E-state index in [4.69, 9.17) is 4.74 Å². The molecule has 2 heteroatoms. The van der Waals surface area contributed by atoms with E-state index in [1.165, 1.54) is 22.5 Å². The molecule has 0 saturated carbocycles. The summed E-state index contributed by atoms with van der Waals surface area (Å²) in [6.07, 6.45) is 2.12. The van der Waals surface area contributed by atoms with E-state index in [0.717, 1.165) is 31.7 Å². The van der Waals surface area contributed by atoms with Crippen LogP contribution in [0.4, 0.5) is 11.4 Å². The molecule has 0 spiro atoms. The van der Waals surface area contributed by atoms with Gasteiger partial charge in [-0.1, -0.05) is 44.2 Å².